The van der Waals surface area contributed by atoms with Crippen LogP contribution >= 0.6 is 11.3 Å². The first kappa shape index (κ1) is 17.2. The van der Waals surface area contributed by atoms with Gasteiger partial charge in [0, 0.05) is 53.7 Å². The van der Waals surface area contributed by atoms with Crippen molar-refractivity contribution >= 4 is 22.8 Å². The maximum absolute atomic E-state index is 11.8. The summed E-state index contributed by atoms with van der Waals surface area (Å²) >= 11 is 1.58. The van der Waals surface area contributed by atoms with Gasteiger partial charge in [-0.05, 0) is 31.5 Å². The number of carboxylic acid groups (broad SMARTS) is 1. The molecular formula is C19H21N3O3S. The molecule has 26 heavy (non-hydrogen) atoms. The molecule has 7 heteroatoms. The van der Waals surface area contributed by atoms with Crippen LogP contribution in [0.1, 0.15) is 34.6 Å². The van der Waals surface area contributed by atoms with E-state index in [1.165, 1.54) is 0 Å². The van der Waals surface area contributed by atoms with Crippen molar-refractivity contribution in [3.05, 3.63) is 46.7 Å². The molecule has 4 rings (SSSR count). The Bertz CT molecular complexity index is 943. The Kier molecular flexibility index (Phi) is 4.52. The lowest BCUT2D eigenvalue weighted by Gasteiger charge is -2.33. The van der Waals surface area contributed by atoms with Crippen LogP contribution in [-0.2, 0) is 4.74 Å². The van der Waals surface area contributed by atoms with E-state index in [4.69, 9.17) is 4.74 Å². The third kappa shape index (κ3) is 2.92. The summed E-state index contributed by atoms with van der Waals surface area (Å²) < 4.78 is 7.59. The van der Waals surface area contributed by atoms with E-state index in [2.05, 4.69) is 27.4 Å². The number of morpholine rings is 1. The summed E-state index contributed by atoms with van der Waals surface area (Å²) in [4.78, 5) is 18.5. The highest BCUT2D eigenvalue weighted by Gasteiger charge is 2.25. The third-order valence-electron chi connectivity index (χ3n) is 5.09. The van der Waals surface area contributed by atoms with E-state index in [-0.39, 0.29) is 6.04 Å². The molecule has 1 aliphatic rings. The molecule has 3 aromatic heterocycles. The van der Waals surface area contributed by atoms with Gasteiger partial charge in [0.25, 0.3) is 0 Å². The van der Waals surface area contributed by atoms with Crippen LogP contribution in [0, 0.1) is 6.92 Å². The zero-order chi connectivity index (χ0) is 18.3. The van der Waals surface area contributed by atoms with Gasteiger partial charge in [-0.3, -0.25) is 4.90 Å². The molecule has 1 aliphatic heterocycles. The summed E-state index contributed by atoms with van der Waals surface area (Å²) in [6.07, 6.45) is 3.85. The number of hydrogen-bond acceptors (Lipinski definition) is 5. The second-order valence-corrected chi connectivity index (χ2v) is 7.45. The molecule has 0 radical (unpaired) electrons. The zero-order valence-corrected chi connectivity index (χ0v) is 15.6. The molecule has 0 saturated carbocycles. The van der Waals surface area contributed by atoms with Crippen LogP contribution in [0.4, 0.5) is 0 Å². The van der Waals surface area contributed by atoms with Gasteiger partial charge in [0.1, 0.15) is 5.01 Å². The van der Waals surface area contributed by atoms with Crippen LogP contribution in [0.3, 0.4) is 0 Å². The standard InChI is InChI=1S/C19H21N3O3S/c1-12-16(19(23)24)10-15-9-14(18-20-3-8-26-18)11-22(15)17(12)13(2)21-4-6-25-7-5-21/h3,8-11,13H,4-7H2,1-2H3,(H,23,24). The minimum absolute atomic E-state index is 0.0947. The lowest BCUT2D eigenvalue weighted by atomic mass is 10.0. The fourth-order valence-corrected chi connectivity index (χ4v) is 4.35. The van der Waals surface area contributed by atoms with Crippen LogP contribution in [-0.4, -0.2) is 51.7 Å². The number of carboxylic acids is 1. The van der Waals surface area contributed by atoms with E-state index in [1.807, 2.05) is 18.4 Å². The number of hydrogen-bond donors (Lipinski definition) is 1. The average Bonchev–Trinajstić information content (AvgIpc) is 3.30. The molecule has 136 valence electrons. The first-order valence-corrected chi connectivity index (χ1v) is 9.55. The fraction of sp³-hybridized carbons (Fsp3) is 0.368. The summed E-state index contributed by atoms with van der Waals surface area (Å²) in [6.45, 7) is 7.16. The highest BCUT2D eigenvalue weighted by atomic mass is 32.1. The van der Waals surface area contributed by atoms with E-state index in [9.17, 15) is 9.90 Å². The summed E-state index contributed by atoms with van der Waals surface area (Å²) in [5, 5.41) is 12.6. The Labute approximate surface area is 155 Å². The number of pyridine rings is 1. The molecule has 1 fully saturated rings. The minimum atomic E-state index is -0.891. The van der Waals surface area contributed by atoms with Crippen LogP contribution < -0.4 is 0 Å². The molecule has 0 bridgehead atoms. The predicted molar refractivity (Wildman–Crippen MR) is 101 cm³/mol. The van der Waals surface area contributed by atoms with Gasteiger partial charge >= 0.3 is 5.97 Å². The van der Waals surface area contributed by atoms with Crippen molar-refractivity contribution in [2.45, 2.75) is 19.9 Å². The number of nitrogens with zero attached hydrogens (tertiary/aromatic N) is 3. The normalized spacial score (nSPS) is 16.8. The van der Waals surface area contributed by atoms with E-state index in [1.54, 1.807) is 23.6 Å². The number of aromatic nitrogens is 2. The lowest BCUT2D eigenvalue weighted by molar-refractivity contribution is 0.0187. The number of carbonyl (C=O) groups is 1. The van der Waals surface area contributed by atoms with Crippen molar-refractivity contribution in [1.29, 1.82) is 0 Å². The molecular weight excluding hydrogens is 350 g/mol. The summed E-state index contributed by atoms with van der Waals surface area (Å²) in [6, 6.07) is 3.86. The van der Waals surface area contributed by atoms with Crippen molar-refractivity contribution < 1.29 is 14.6 Å². The molecule has 0 spiro atoms. The average molecular weight is 371 g/mol. The SMILES string of the molecule is Cc1c(C(=O)O)cc2cc(-c3nccs3)cn2c1C(C)N1CCOCC1. The molecule has 1 atom stereocenters. The van der Waals surface area contributed by atoms with E-state index >= 15 is 0 Å². The molecule has 1 unspecified atom stereocenters. The van der Waals surface area contributed by atoms with E-state index < -0.39 is 5.97 Å². The van der Waals surface area contributed by atoms with Crippen molar-refractivity contribution in [2.75, 3.05) is 26.3 Å². The van der Waals surface area contributed by atoms with Crippen LogP contribution in [0.2, 0.25) is 0 Å². The predicted octanol–water partition coefficient (Wildman–Crippen LogP) is 3.46. The quantitative estimate of drug-likeness (QED) is 0.761. The second-order valence-electron chi connectivity index (χ2n) is 6.56. The van der Waals surface area contributed by atoms with Gasteiger partial charge in [0.05, 0.1) is 18.8 Å². The van der Waals surface area contributed by atoms with Crippen molar-refractivity contribution in [2.24, 2.45) is 0 Å². The largest absolute Gasteiger partial charge is 0.478 e. The number of thiazole rings is 1. The first-order valence-electron chi connectivity index (χ1n) is 8.67. The molecule has 0 amide bonds. The van der Waals surface area contributed by atoms with Crippen molar-refractivity contribution in [1.82, 2.24) is 14.3 Å². The maximum Gasteiger partial charge on any atom is 0.336 e. The number of rotatable bonds is 4. The Hall–Kier alpha value is -2.22. The molecule has 0 aliphatic carbocycles. The van der Waals surface area contributed by atoms with Gasteiger partial charge in [0.15, 0.2) is 0 Å². The Morgan fingerprint density at radius 3 is 2.77 bits per heavy atom. The first-order chi connectivity index (χ1) is 12.6. The number of fused-ring (bicyclic) bond motifs is 1. The monoisotopic (exact) mass is 371 g/mol. The van der Waals surface area contributed by atoms with E-state index in [0.29, 0.717) is 18.8 Å². The van der Waals surface area contributed by atoms with Crippen molar-refractivity contribution in [3.63, 3.8) is 0 Å². The maximum atomic E-state index is 11.8. The van der Waals surface area contributed by atoms with E-state index in [0.717, 1.165) is 40.4 Å². The van der Waals surface area contributed by atoms with Gasteiger partial charge < -0.3 is 14.2 Å². The van der Waals surface area contributed by atoms with Crippen LogP contribution in [0.15, 0.2) is 29.9 Å². The van der Waals surface area contributed by atoms with Gasteiger partial charge in [-0.15, -0.1) is 11.3 Å². The molecule has 1 N–H and O–H groups in total. The van der Waals surface area contributed by atoms with Gasteiger partial charge in [-0.25, -0.2) is 9.78 Å². The third-order valence-corrected chi connectivity index (χ3v) is 5.91. The second kappa shape index (κ2) is 6.83. The smallest absolute Gasteiger partial charge is 0.336 e. The van der Waals surface area contributed by atoms with Gasteiger partial charge in [-0.2, -0.15) is 0 Å². The highest BCUT2D eigenvalue weighted by molar-refractivity contribution is 7.13. The Morgan fingerprint density at radius 2 is 2.12 bits per heavy atom. The molecule has 1 saturated heterocycles. The molecule has 0 aromatic carbocycles. The molecule has 6 nitrogen and oxygen atoms in total. The van der Waals surface area contributed by atoms with Crippen molar-refractivity contribution in [3.8, 4) is 10.6 Å². The highest BCUT2D eigenvalue weighted by Crippen LogP contribution is 2.32. The summed E-state index contributed by atoms with van der Waals surface area (Å²) in [5.41, 5.74) is 4.08. The molecule has 3 aromatic rings. The fourth-order valence-electron chi connectivity index (χ4n) is 3.73. The van der Waals surface area contributed by atoms with Crippen LogP contribution in [0.5, 0.6) is 0 Å². The minimum Gasteiger partial charge on any atom is -0.478 e. The molecule has 4 heterocycles. The summed E-state index contributed by atoms with van der Waals surface area (Å²) in [7, 11) is 0. The Balaban J connectivity index is 1.90. The lowest BCUT2D eigenvalue weighted by Crippen LogP contribution is -2.39. The van der Waals surface area contributed by atoms with Crippen LogP contribution in [0.25, 0.3) is 16.1 Å². The number of ether oxygens (including phenoxy) is 1. The number of aromatic carboxylic acids is 1. The topological polar surface area (TPSA) is 67.1 Å². The summed E-state index contributed by atoms with van der Waals surface area (Å²) in [5.74, 6) is -0.891. The van der Waals surface area contributed by atoms with Gasteiger partial charge in [-0.1, -0.05) is 0 Å². The Morgan fingerprint density at radius 1 is 1.35 bits per heavy atom. The van der Waals surface area contributed by atoms with Gasteiger partial charge in [0.2, 0.25) is 0 Å². The zero-order valence-electron chi connectivity index (χ0n) is 14.8.